The number of nitrogens with one attached hydrogen (secondary N) is 2. The van der Waals surface area contributed by atoms with Gasteiger partial charge in [0.05, 0.1) is 0 Å². The van der Waals surface area contributed by atoms with Crippen LogP contribution in [-0.2, 0) is 19.2 Å². The molecule has 158 valence electrons. The van der Waals surface area contributed by atoms with Crippen molar-refractivity contribution in [2.24, 2.45) is 11.7 Å². The number of likely N-dealkylation sites (tertiary alicyclic amines) is 1. The Hall–Kier alpha value is -2.57. The molecule has 29 heavy (non-hydrogen) atoms. The fourth-order valence-corrected chi connectivity index (χ4v) is 4.32. The van der Waals surface area contributed by atoms with Gasteiger partial charge in [0.2, 0.25) is 23.6 Å². The minimum absolute atomic E-state index is 0.0146. The van der Waals surface area contributed by atoms with Crippen molar-refractivity contribution in [2.75, 3.05) is 6.54 Å². The number of nitriles is 1. The van der Waals surface area contributed by atoms with E-state index >= 15 is 0 Å². The molecule has 3 unspecified atom stereocenters. The average molecular weight is 403 g/mol. The van der Waals surface area contributed by atoms with Gasteiger partial charge in [-0.3, -0.25) is 19.2 Å². The van der Waals surface area contributed by atoms with Crippen LogP contribution in [0, 0.1) is 17.1 Å². The molecule has 1 saturated heterocycles. The lowest BCUT2D eigenvalue weighted by Crippen LogP contribution is -2.56. The van der Waals surface area contributed by atoms with Crippen LogP contribution in [0.1, 0.15) is 45.4 Å². The SMILES string of the molecule is CB(C#N)CC(=O)NC(C(=O)N1CC(NC(C)=O)CC1C(N)=O)C1CCCCC1. The summed E-state index contributed by atoms with van der Waals surface area (Å²) in [5, 5.41) is 14.5. The Kier molecular flexibility index (Phi) is 8.05. The molecule has 0 aromatic heterocycles. The van der Waals surface area contributed by atoms with Gasteiger partial charge in [-0.05, 0) is 25.2 Å². The number of carbonyl (C=O) groups is 4. The van der Waals surface area contributed by atoms with Crippen LogP contribution in [0.3, 0.4) is 0 Å². The predicted octanol–water partition coefficient (Wildman–Crippen LogP) is -0.170. The molecule has 2 fully saturated rings. The summed E-state index contributed by atoms with van der Waals surface area (Å²) < 4.78 is 0. The Morgan fingerprint density at radius 3 is 2.45 bits per heavy atom. The van der Waals surface area contributed by atoms with Crippen LogP contribution < -0.4 is 16.4 Å². The van der Waals surface area contributed by atoms with Crippen molar-refractivity contribution in [1.82, 2.24) is 15.5 Å². The van der Waals surface area contributed by atoms with Crippen LogP contribution in [0.5, 0.6) is 0 Å². The van der Waals surface area contributed by atoms with E-state index < -0.39 is 24.7 Å². The molecule has 0 radical (unpaired) electrons. The lowest BCUT2D eigenvalue weighted by molar-refractivity contribution is -0.142. The first-order chi connectivity index (χ1) is 13.7. The molecule has 2 aliphatic rings. The highest BCUT2D eigenvalue weighted by atomic mass is 16.2. The van der Waals surface area contributed by atoms with Crippen molar-refractivity contribution in [3.8, 4) is 5.97 Å². The Bertz CT molecular complexity index is 689. The van der Waals surface area contributed by atoms with Crippen LogP contribution in [0.25, 0.3) is 0 Å². The second-order valence-corrected chi connectivity index (χ2v) is 8.22. The summed E-state index contributed by atoms with van der Waals surface area (Å²) in [7, 11) is 0. The van der Waals surface area contributed by atoms with Gasteiger partial charge in [-0.2, -0.15) is 0 Å². The number of carbonyl (C=O) groups excluding carboxylic acids is 4. The molecule has 0 aromatic carbocycles. The van der Waals surface area contributed by atoms with Crippen molar-refractivity contribution in [3.63, 3.8) is 0 Å². The topological polar surface area (TPSA) is 145 Å². The third kappa shape index (κ3) is 6.21. The number of primary amides is 1. The highest BCUT2D eigenvalue weighted by Crippen LogP contribution is 2.29. The number of hydrogen-bond acceptors (Lipinski definition) is 5. The van der Waals surface area contributed by atoms with Crippen LogP contribution in [0.4, 0.5) is 0 Å². The number of hydrogen-bond donors (Lipinski definition) is 3. The van der Waals surface area contributed by atoms with Gasteiger partial charge >= 0.3 is 0 Å². The van der Waals surface area contributed by atoms with E-state index in [4.69, 9.17) is 11.0 Å². The molecule has 0 spiro atoms. The monoisotopic (exact) mass is 403 g/mol. The molecule has 1 saturated carbocycles. The lowest BCUT2D eigenvalue weighted by atomic mass is 9.51. The molecular formula is C19H30BN5O4. The molecule has 9 nitrogen and oxygen atoms in total. The Labute approximate surface area is 171 Å². The van der Waals surface area contributed by atoms with E-state index in [1.807, 2.05) is 5.97 Å². The normalized spacial score (nSPS) is 23.0. The third-order valence-corrected chi connectivity index (χ3v) is 5.74. The van der Waals surface area contributed by atoms with E-state index in [1.165, 1.54) is 11.8 Å². The molecule has 4 amide bonds. The lowest BCUT2D eigenvalue weighted by Gasteiger charge is -2.34. The number of nitrogens with zero attached hydrogens (tertiary/aromatic N) is 2. The highest BCUT2D eigenvalue weighted by Gasteiger charge is 2.43. The first-order valence-corrected chi connectivity index (χ1v) is 10.3. The van der Waals surface area contributed by atoms with E-state index in [2.05, 4.69) is 10.6 Å². The maximum atomic E-state index is 13.4. The Morgan fingerprint density at radius 1 is 1.24 bits per heavy atom. The van der Waals surface area contributed by atoms with Crippen molar-refractivity contribution >= 4 is 30.3 Å². The standard InChI is InChI=1S/C19H30BN5O4/c1-12(26)23-14-8-15(18(22)28)25(10-14)19(29)17(13-6-4-3-5-7-13)24-16(27)9-20(2)11-21/h13-15,17H,3-10H2,1-2H3,(H2,22,28)(H,23,26)(H,24,27). The molecule has 3 atom stereocenters. The summed E-state index contributed by atoms with van der Waals surface area (Å²) in [6.45, 7) is 2.76. The van der Waals surface area contributed by atoms with Gasteiger partial charge < -0.3 is 21.3 Å². The Balaban J connectivity index is 2.19. The second-order valence-electron chi connectivity index (χ2n) is 8.22. The van der Waals surface area contributed by atoms with Crippen LogP contribution in [0.15, 0.2) is 0 Å². The van der Waals surface area contributed by atoms with Gasteiger partial charge in [0.1, 0.15) is 12.1 Å². The average Bonchev–Trinajstić information content (AvgIpc) is 3.09. The van der Waals surface area contributed by atoms with E-state index in [1.54, 1.807) is 6.82 Å². The molecular weight excluding hydrogens is 373 g/mol. The molecule has 0 aromatic rings. The maximum Gasteiger partial charge on any atom is 0.274 e. The molecule has 4 N–H and O–H groups in total. The summed E-state index contributed by atoms with van der Waals surface area (Å²) >= 11 is 0. The minimum atomic E-state index is -0.819. The summed E-state index contributed by atoms with van der Waals surface area (Å²) in [6, 6.07) is -1.93. The second kappa shape index (κ2) is 10.3. The maximum absolute atomic E-state index is 13.4. The van der Waals surface area contributed by atoms with Gasteiger partial charge in [0.15, 0.2) is 0 Å². The van der Waals surface area contributed by atoms with Crippen molar-refractivity contribution < 1.29 is 19.2 Å². The summed E-state index contributed by atoms with van der Waals surface area (Å²) in [4.78, 5) is 50.6. The number of nitrogens with two attached hydrogens (primary N) is 1. The van der Waals surface area contributed by atoms with Crippen molar-refractivity contribution in [2.45, 2.75) is 76.7 Å². The Morgan fingerprint density at radius 2 is 1.90 bits per heavy atom. The van der Waals surface area contributed by atoms with Crippen LogP contribution in [0.2, 0.25) is 13.1 Å². The van der Waals surface area contributed by atoms with Gasteiger partial charge in [-0.1, -0.05) is 26.1 Å². The fraction of sp³-hybridized carbons (Fsp3) is 0.737. The van der Waals surface area contributed by atoms with E-state index in [0.29, 0.717) is 0 Å². The molecule has 1 aliphatic heterocycles. The summed E-state index contributed by atoms with van der Waals surface area (Å²) in [6.07, 6.45) is 4.95. The summed E-state index contributed by atoms with van der Waals surface area (Å²) in [5.74, 6) is 0.440. The first kappa shape index (κ1) is 22.7. The van der Waals surface area contributed by atoms with Crippen LogP contribution >= 0.6 is 0 Å². The van der Waals surface area contributed by atoms with Gasteiger partial charge in [-0.25, -0.2) is 5.26 Å². The smallest absolute Gasteiger partial charge is 0.274 e. The van der Waals surface area contributed by atoms with E-state index in [0.717, 1.165) is 32.1 Å². The molecule has 10 heteroatoms. The largest absolute Gasteiger partial charge is 0.368 e. The first-order valence-electron chi connectivity index (χ1n) is 10.3. The van der Waals surface area contributed by atoms with Gasteiger partial charge in [0.25, 0.3) is 6.71 Å². The minimum Gasteiger partial charge on any atom is -0.368 e. The highest BCUT2D eigenvalue weighted by molar-refractivity contribution is 6.68. The third-order valence-electron chi connectivity index (χ3n) is 5.74. The van der Waals surface area contributed by atoms with Gasteiger partial charge in [0, 0.05) is 31.8 Å². The molecule has 2 rings (SSSR count). The fourth-order valence-electron chi connectivity index (χ4n) is 4.32. The van der Waals surface area contributed by atoms with Crippen molar-refractivity contribution in [3.05, 3.63) is 0 Å². The van der Waals surface area contributed by atoms with Crippen molar-refractivity contribution in [1.29, 1.82) is 5.26 Å². The quantitative estimate of drug-likeness (QED) is 0.505. The van der Waals surface area contributed by atoms with E-state index in [-0.39, 0.29) is 49.0 Å². The molecule has 1 aliphatic carbocycles. The summed E-state index contributed by atoms with van der Waals surface area (Å²) in [5.41, 5.74) is 5.51. The zero-order chi connectivity index (χ0) is 21.6. The zero-order valence-electron chi connectivity index (χ0n) is 17.1. The zero-order valence-corrected chi connectivity index (χ0v) is 17.1. The van der Waals surface area contributed by atoms with Gasteiger partial charge in [-0.15, -0.1) is 0 Å². The van der Waals surface area contributed by atoms with E-state index in [9.17, 15) is 19.2 Å². The number of amides is 4. The number of rotatable bonds is 7. The van der Waals surface area contributed by atoms with Crippen LogP contribution in [-0.4, -0.2) is 59.9 Å². The predicted molar refractivity (Wildman–Crippen MR) is 107 cm³/mol. The molecule has 0 bridgehead atoms. The molecule has 1 heterocycles.